The molecule has 4 aliphatic rings. The summed E-state index contributed by atoms with van der Waals surface area (Å²) >= 11 is 0. The van der Waals surface area contributed by atoms with Gasteiger partial charge in [0.15, 0.2) is 13.1 Å². The van der Waals surface area contributed by atoms with Crippen molar-refractivity contribution in [2.24, 2.45) is 33.5 Å². The molecule has 4 aliphatic carbocycles. The number of rotatable bonds is 8. The number of carbonyl (C=O) groups is 2. The average molecular weight is 463 g/mol. The predicted molar refractivity (Wildman–Crippen MR) is 129 cm³/mol. The van der Waals surface area contributed by atoms with E-state index in [1.807, 2.05) is 0 Å². The Morgan fingerprint density at radius 1 is 0.727 bits per heavy atom. The largest absolute Gasteiger partial charge is 0.458 e. The smallest absolute Gasteiger partial charge is 0.362 e. The summed E-state index contributed by atoms with van der Waals surface area (Å²) in [5.74, 6) is 0.960. The van der Waals surface area contributed by atoms with E-state index < -0.39 is 0 Å². The highest BCUT2D eigenvalue weighted by atomic mass is 16.6. The molecular weight excluding hydrogens is 414 g/mol. The number of quaternary nitrogens is 1. The van der Waals surface area contributed by atoms with Gasteiger partial charge in [0.25, 0.3) is 0 Å². The highest BCUT2D eigenvalue weighted by Crippen LogP contribution is 2.67. The Bertz CT molecular complexity index is 738. The van der Waals surface area contributed by atoms with E-state index >= 15 is 0 Å². The fourth-order valence-electron chi connectivity index (χ4n) is 8.28. The van der Waals surface area contributed by atoms with Gasteiger partial charge in [0.05, 0.1) is 13.1 Å². The van der Waals surface area contributed by atoms with Gasteiger partial charge in [-0.25, -0.2) is 9.59 Å². The second-order valence-electron chi connectivity index (χ2n) is 13.5. The van der Waals surface area contributed by atoms with Gasteiger partial charge in [-0.2, -0.15) is 0 Å². The molecule has 4 fully saturated rings. The van der Waals surface area contributed by atoms with Crippen molar-refractivity contribution in [2.75, 3.05) is 26.2 Å². The van der Waals surface area contributed by atoms with E-state index in [4.69, 9.17) is 9.47 Å². The Hall–Kier alpha value is -1.10. The van der Waals surface area contributed by atoms with Crippen LogP contribution in [0.3, 0.4) is 0 Å². The molecule has 0 saturated heterocycles. The summed E-state index contributed by atoms with van der Waals surface area (Å²) in [7, 11) is 0. The van der Waals surface area contributed by atoms with Crippen LogP contribution in [-0.4, -0.2) is 54.8 Å². The molecule has 0 amide bonds. The Kier molecular flexibility index (Phi) is 6.03. The minimum absolute atomic E-state index is 0.00228. The Morgan fingerprint density at radius 2 is 1.09 bits per heavy atom. The summed E-state index contributed by atoms with van der Waals surface area (Å²) < 4.78 is 12.7. The van der Waals surface area contributed by atoms with Crippen molar-refractivity contribution in [3.63, 3.8) is 0 Å². The normalized spacial score (nSPS) is 40.2. The van der Waals surface area contributed by atoms with E-state index in [2.05, 4.69) is 55.4 Å². The summed E-state index contributed by atoms with van der Waals surface area (Å²) in [6, 6.07) is 0. The molecule has 0 spiro atoms. The molecule has 188 valence electrons. The van der Waals surface area contributed by atoms with Crippen molar-refractivity contribution in [1.82, 2.24) is 0 Å². The predicted octanol–water partition coefficient (Wildman–Crippen LogP) is 5.36. The van der Waals surface area contributed by atoms with Gasteiger partial charge in [0.2, 0.25) is 0 Å². The van der Waals surface area contributed by atoms with E-state index in [9.17, 15) is 9.59 Å². The zero-order valence-electron chi connectivity index (χ0n) is 22.5. The van der Waals surface area contributed by atoms with Gasteiger partial charge in [-0.05, 0) is 75.0 Å². The summed E-state index contributed by atoms with van der Waals surface area (Å²) in [4.78, 5) is 26.3. The van der Waals surface area contributed by atoms with E-state index in [0.29, 0.717) is 29.4 Å². The number of fused-ring (bicyclic) bond motifs is 4. The molecule has 0 aromatic rings. The van der Waals surface area contributed by atoms with Crippen LogP contribution in [0.5, 0.6) is 0 Å². The van der Waals surface area contributed by atoms with Gasteiger partial charge in [-0.3, -0.25) is 0 Å². The first kappa shape index (κ1) is 25.0. The van der Waals surface area contributed by atoms with E-state index in [0.717, 1.165) is 25.7 Å². The number of carbonyl (C=O) groups excluding carboxylic acids is 2. The van der Waals surface area contributed by atoms with E-state index in [-0.39, 0.29) is 58.9 Å². The highest BCUT2D eigenvalue weighted by Gasteiger charge is 2.64. The van der Waals surface area contributed by atoms with Crippen LogP contribution in [-0.2, 0) is 19.1 Å². The van der Waals surface area contributed by atoms with Crippen molar-refractivity contribution in [2.45, 2.75) is 106 Å². The first-order valence-electron chi connectivity index (χ1n) is 13.5. The highest BCUT2D eigenvalue weighted by molar-refractivity contribution is 5.73. The topological polar surface area (TPSA) is 52.6 Å². The van der Waals surface area contributed by atoms with Crippen LogP contribution >= 0.6 is 0 Å². The second-order valence-corrected chi connectivity index (χ2v) is 13.5. The standard InChI is InChI=1S/C28H48NO4/c1-9-29(10-2,17-23(30)32-21-15-19-11-13-27(21,7)25(19,3)4)18-24(31)33-22-16-20-12-14-28(22,8)26(20,5)6/h19-22H,9-18H2,1-8H3/q+1/t19-,20-,21-,22+,27-,28-/m1/s1. The Labute approximate surface area is 201 Å². The molecule has 4 saturated carbocycles. The molecule has 6 atom stereocenters. The van der Waals surface area contributed by atoms with Crippen LogP contribution in [0.15, 0.2) is 0 Å². The summed E-state index contributed by atoms with van der Waals surface area (Å²) in [5.41, 5.74) is 0.552. The third-order valence-corrected chi connectivity index (χ3v) is 12.2. The van der Waals surface area contributed by atoms with E-state index in [1.165, 1.54) is 12.8 Å². The van der Waals surface area contributed by atoms with Crippen LogP contribution < -0.4 is 0 Å². The molecule has 0 heterocycles. The van der Waals surface area contributed by atoms with Gasteiger partial charge < -0.3 is 14.0 Å². The molecule has 0 aromatic heterocycles. The van der Waals surface area contributed by atoms with Crippen molar-refractivity contribution in [3.8, 4) is 0 Å². The summed E-state index contributed by atoms with van der Waals surface area (Å²) in [5, 5.41) is 0. The second kappa shape index (κ2) is 7.96. The quantitative estimate of drug-likeness (QED) is 0.360. The van der Waals surface area contributed by atoms with Gasteiger partial charge in [-0.1, -0.05) is 41.5 Å². The molecule has 4 rings (SSSR count). The number of likely N-dealkylation sites (N-methyl/N-ethyl adjacent to an activating group) is 1. The number of hydrogen-bond donors (Lipinski definition) is 0. The first-order valence-corrected chi connectivity index (χ1v) is 13.5. The van der Waals surface area contributed by atoms with Crippen LogP contribution in [0.1, 0.15) is 93.9 Å². The molecule has 4 bridgehead atoms. The van der Waals surface area contributed by atoms with Crippen molar-refractivity contribution >= 4 is 11.9 Å². The molecule has 5 nitrogen and oxygen atoms in total. The maximum atomic E-state index is 13.1. The van der Waals surface area contributed by atoms with Crippen LogP contribution in [0.2, 0.25) is 0 Å². The molecule has 33 heavy (non-hydrogen) atoms. The molecule has 0 aromatic carbocycles. The fourth-order valence-corrected chi connectivity index (χ4v) is 8.28. The average Bonchev–Trinajstić information content (AvgIpc) is 3.25. The third kappa shape index (κ3) is 3.58. The third-order valence-electron chi connectivity index (χ3n) is 12.2. The number of nitrogens with zero attached hydrogens (tertiary/aromatic N) is 1. The van der Waals surface area contributed by atoms with Crippen LogP contribution in [0.25, 0.3) is 0 Å². The molecule has 5 heteroatoms. The molecular formula is C28H48NO4+. The van der Waals surface area contributed by atoms with E-state index in [1.54, 1.807) is 0 Å². The van der Waals surface area contributed by atoms with Gasteiger partial charge in [0.1, 0.15) is 12.2 Å². The monoisotopic (exact) mass is 462 g/mol. The lowest BCUT2D eigenvalue weighted by molar-refractivity contribution is -0.911. The minimum atomic E-state index is -0.158. The lowest BCUT2D eigenvalue weighted by Crippen LogP contribution is -2.55. The number of hydrogen-bond acceptors (Lipinski definition) is 4. The number of ether oxygens (including phenoxy) is 2. The molecule has 0 radical (unpaired) electrons. The lowest BCUT2D eigenvalue weighted by atomic mass is 9.70. The van der Waals surface area contributed by atoms with Crippen LogP contribution in [0, 0.1) is 33.5 Å². The number of esters is 2. The van der Waals surface area contributed by atoms with Crippen molar-refractivity contribution < 1.29 is 23.5 Å². The van der Waals surface area contributed by atoms with Gasteiger partial charge >= 0.3 is 11.9 Å². The van der Waals surface area contributed by atoms with Gasteiger partial charge in [0, 0.05) is 10.8 Å². The fraction of sp³-hybridized carbons (Fsp3) is 0.929. The zero-order valence-corrected chi connectivity index (χ0v) is 22.5. The molecule has 0 N–H and O–H groups in total. The minimum Gasteiger partial charge on any atom is -0.458 e. The lowest BCUT2D eigenvalue weighted by Gasteiger charge is -2.40. The maximum Gasteiger partial charge on any atom is 0.362 e. The summed E-state index contributed by atoms with van der Waals surface area (Å²) in [6.45, 7) is 20.0. The molecule has 0 unspecified atom stereocenters. The zero-order chi connectivity index (χ0) is 24.4. The maximum absolute atomic E-state index is 13.1. The summed E-state index contributed by atoms with van der Waals surface area (Å²) in [6.07, 6.45) is 6.70. The Morgan fingerprint density at radius 3 is 1.33 bits per heavy atom. The van der Waals surface area contributed by atoms with Crippen molar-refractivity contribution in [1.29, 1.82) is 0 Å². The first-order chi connectivity index (χ1) is 15.2. The molecule has 0 aliphatic heterocycles. The van der Waals surface area contributed by atoms with Crippen LogP contribution in [0.4, 0.5) is 0 Å². The Balaban J connectivity index is 1.38. The van der Waals surface area contributed by atoms with Crippen molar-refractivity contribution in [3.05, 3.63) is 0 Å². The van der Waals surface area contributed by atoms with Gasteiger partial charge in [-0.15, -0.1) is 0 Å². The SMILES string of the molecule is CC[N+](CC)(CC(=O)O[C@H]1C[C@H]2CC[C@@]1(C)C2(C)C)CC(=O)O[C@@H]1C[C@H]2CC[C@@]1(C)C2(C)C.